The lowest BCUT2D eigenvalue weighted by Gasteiger charge is -2.39. The quantitative estimate of drug-likeness (QED) is 0.433. The van der Waals surface area contributed by atoms with Gasteiger partial charge in [0.25, 0.3) is 0 Å². The highest BCUT2D eigenvalue weighted by Gasteiger charge is 2.33. The van der Waals surface area contributed by atoms with Gasteiger partial charge in [-0.1, -0.05) is 18.5 Å². The Morgan fingerprint density at radius 1 is 1.29 bits per heavy atom. The topological polar surface area (TPSA) is 60.7 Å². The Kier molecular flexibility index (Phi) is 5.93. The monoisotopic (exact) mass is 226 g/mol. The van der Waals surface area contributed by atoms with Crippen molar-refractivity contribution < 1.29 is 19.8 Å². The second-order valence-electron chi connectivity index (χ2n) is 4.15. The van der Waals surface area contributed by atoms with E-state index in [0.717, 1.165) is 6.42 Å². The first-order valence-corrected chi connectivity index (χ1v) is 5.22. The van der Waals surface area contributed by atoms with Gasteiger partial charge in [0.05, 0.1) is 20.7 Å². The molecule has 0 aromatic heterocycles. The second kappa shape index (κ2) is 5.88. The van der Waals surface area contributed by atoms with Crippen molar-refractivity contribution in [2.45, 2.75) is 31.1 Å². The summed E-state index contributed by atoms with van der Waals surface area (Å²) in [5.41, 5.74) is -0.930. The Labute approximate surface area is 90.3 Å². The predicted octanol–water partition coefficient (Wildman–Crippen LogP) is -0.248. The number of halogens is 1. The molecule has 86 valence electrons. The van der Waals surface area contributed by atoms with Gasteiger partial charge in [0.1, 0.15) is 18.7 Å². The van der Waals surface area contributed by atoms with Crippen LogP contribution in [-0.2, 0) is 0 Å². The molecule has 5 heteroatoms. The van der Waals surface area contributed by atoms with Crippen molar-refractivity contribution in [3.05, 3.63) is 0 Å². The predicted molar refractivity (Wildman–Crippen MR) is 56.0 cm³/mol. The van der Waals surface area contributed by atoms with Crippen LogP contribution in [-0.4, -0.2) is 64.8 Å². The molecule has 3 N–H and O–H groups in total. The first kappa shape index (κ1) is 14.1. The van der Waals surface area contributed by atoms with Crippen molar-refractivity contribution in [1.29, 1.82) is 0 Å². The van der Waals surface area contributed by atoms with Crippen LogP contribution in [0.3, 0.4) is 0 Å². The molecule has 0 fully saturated rings. The molecule has 4 nitrogen and oxygen atoms in total. The number of hydrogen-bond acceptors (Lipinski definition) is 3. The molecule has 0 rings (SSSR count). The average Bonchev–Trinajstić information content (AvgIpc) is 2.02. The van der Waals surface area contributed by atoms with Crippen molar-refractivity contribution in [2.75, 3.05) is 27.2 Å². The van der Waals surface area contributed by atoms with Crippen LogP contribution in [0.1, 0.15) is 13.3 Å². The summed E-state index contributed by atoms with van der Waals surface area (Å²) >= 11 is 5.65. The van der Waals surface area contributed by atoms with Crippen LogP contribution in [0, 0.1) is 0 Å². The minimum absolute atomic E-state index is 0.141. The standard InChI is InChI=1S/C9H21ClNO3/c1-4-8(9(10)14)11(2,3)5-7(13)6-12/h7-9,12-14H,4-6H2,1-3H3/q+1. The Morgan fingerprint density at radius 2 is 1.79 bits per heavy atom. The fourth-order valence-electron chi connectivity index (χ4n) is 1.76. The van der Waals surface area contributed by atoms with Crippen molar-refractivity contribution in [3.63, 3.8) is 0 Å². The van der Waals surface area contributed by atoms with Gasteiger partial charge in [0.15, 0.2) is 5.56 Å². The smallest absolute Gasteiger partial charge is 0.179 e. The van der Waals surface area contributed by atoms with Crippen molar-refractivity contribution in [3.8, 4) is 0 Å². The van der Waals surface area contributed by atoms with E-state index in [1.165, 1.54) is 0 Å². The maximum Gasteiger partial charge on any atom is 0.179 e. The molecule has 0 bridgehead atoms. The summed E-state index contributed by atoms with van der Waals surface area (Å²) in [4.78, 5) is 0. The SMILES string of the molecule is CCC(C(O)Cl)[N+](C)(C)CC(O)CO. The molecular formula is C9H21ClNO3+. The van der Waals surface area contributed by atoms with Gasteiger partial charge < -0.3 is 19.8 Å². The number of rotatable bonds is 6. The number of aliphatic hydroxyl groups is 3. The molecule has 0 radical (unpaired) electrons. The summed E-state index contributed by atoms with van der Waals surface area (Å²) in [5, 5.41) is 27.4. The number of hydrogen-bond donors (Lipinski definition) is 3. The van der Waals surface area contributed by atoms with Crippen LogP contribution in [0.5, 0.6) is 0 Å². The third kappa shape index (κ3) is 4.11. The van der Waals surface area contributed by atoms with Gasteiger partial charge in [-0.2, -0.15) is 0 Å². The highest BCUT2D eigenvalue weighted by molar-refractivity contribution is 6.19. The largest absolute Gasteiger partial charge is 0.393 e. The van der Waals surface area contributed by atoms with Gasteiger partial charge in [-0.25, -0.2) is 0 Å². The van der Waals surface area contributed by atoms with E-state index in [-0.39, 0.29) is 12.6 Å². The van der Waals surface area contributed by atoms with E-state index in [4.69, 9.17) is 16.7 Å². The summed E-state index contributed by atoms with van der Waals surface area (Å²) in [5.74, 6) is 0. The summed E-state index contributed by atoms with van der Waals surface area (Å²) in [6.07, 6.45) is -0.0509. The van der Waals surface area contributed by atoms with Gasteiger partial charge in [-0.15, -0.1) is 0 Å². The third-order valence-electron chi connectivity index (χ3n) is 2.53. The third-order valence-corrected chi connectivity index (χ3v) is 2.82. The van der Waals surface area contributed by atoms with Crippen LogP contribution in [0.2, 0.25) is 0 Å². The van der Waals surface area contributed by atoms with Crippen LogP contribution in [0.25, 0.3) is 0 Å². The lowest BCUT2D eigenvalue weighted by atomic mass is 10.1. The molecule has 0 saturated carbocycles. The minimum Gasteiger partial charge on any atom is -0.393 e. The van der Waals surface area contributed by atoms with Crippen molar-refractivity contribution >= 4 is 11.6 Å². The van der Waals surface area contributed by atoms with E-state index in [1.54, 1.807) is 0 Å². The first-order chi connectivity index (χ1) is 6.35. The van der Waals surface area contributed by atoms with Gasteiger partial charge >= 0.3 is 0 Å². The fraction of sp³-hybridized carbons (Fsp3) is 1.00. The van der Waals surface area contributed by atoms with Crippen molar-refractivity contribution in [2.24, 2.45) is 0 Å². The van der Waals surface area contributed by atoms with Gasteiger partial charge in [-0.3, -0.25) is 0 Å². The molecular weight excluding hydrogens is 206 g/mol. The number of quaternary nitrogens is 1. The van der Waals surface area contributed by atoms with Gasteiger partial charge in [0, 0.05) is 6.42 Å². The summed E-state index contributed by atoms with van der Waals surface area (Å²) in [6, 6.07) is -0.141. The molecule has 0 aromatic rings. The Bertz CT molecular complexity index is 164. The molecule has 0 aliphatic rings. The van der Waals surface area contributed by atoms with E-state index in [2.05, 4.69) is 0 Å². The average molecular weight is 227 g/mol. The number of nitrogens with zero attached hydrogens (tertiary/aromatic N) is 1. The van der Waals surface area contributed by atoms with Crippen LogP contribution >= 0.6 is 11.6 Å². The molecule has 0 aromatic carbocycles. The summed E-state index contributed by atoms with van der Waals surface area (Å²) in [6.45, 7) is 2.04. The maximum atomic E-state index is 9.34. The normalized spacial score (nSPS) is 19.1. The zero-order valence-electron chi connectivity index (χ0n) is 9.02. The second-order valence-corrected chi connectivity index (χ2v) is 4.59. The van der Waals surface area contributed by atoms with Crippen LogP contribution < -0.4 is 0 Å². The molecule has 3 atom stereocenters. The Balaban J connectivity index is 4.40. The van der Waals surface area contributed by atoms with E-state index in [1.807, 2.05) is 21.0 Å². The van der Waals surface area contributed by atoms with Gasteiger partial charge in [0.2, 0.25) is 0 Å². The molecule has 0 heterocycles. The van der Waals surface area contributed by atoms with Gasteiger partial charge in [-0.05, 0) is 0 Å². The van der Waals surface area contributed by atoms with Crippen LogP contribution in [0.15, 0.2) is 0 Å². The molecule has 0 aliphatic carbocycles. The van der Waals surface area contributed by atoms with Crippen LogP contribution in [0.4, 0.5) is 0 Å². The summed E-state index contributed by atoms with van der Waals surface area (Å²) < 4.78 is 0.392. The number of alkyl halides is 1. The van der Waals surface area contributed by atoms with E-state index >= 15 is 0 Å². The minimum atomic E-state index is -0.930. The molecule has 0 aliphatic heterocycles. The summed E-state index contributed by atoms with van der Waals surface area (Å²) in [7, 11) is 3.75. The molecule has 14 heavy (non-hydrogen) atoms. The number of likely N-dealkylation sites (N-methyl/N-ethyl adjacent to an activating group) is 1. The van der Waals surface area contributed by atoms with E-state index in [9.17, 15) is 10.2 Å². The molecule has 0 spiro atoms. The molecule has 0 amide bonds. The van der Waals surface area contributed by atoms with E-state index < -0.39 is 11.7 Å². The highest BCUT2D eigenvalue weighted by atomic mass is 35.5. The zero-order chi connectivity index (χ0) is 11.4. The highest BCUT2D eigenvalue weighted by Crippen LogP contribution is 2.17. The lowest BCUT2D eigenvalue weighted by molar-refractivity contribution is -0.920. The molecule has 0 saturated heterocycles. The lowest BCUT2D eigenvalue weighted by Crippen LogP contribution is -2.56. The van der Waals surface area contributed by atoms with Crippen molar-refractivity contribution in [1.82, 2.24) is 0 Å². The zero-order valence-corrected chi connectivity index (χ0v) is 9.78. The first-order valence-electron chi connectivity index (χ1n) is 4.78. The molecule has 3 unspecified atom stereocenters. The Morgan fingerprint density at radius 3 is 2.07 bits per heavy atom. The maximum absolute atomic E-state index is 9.34. The Hall–Kier alpha value is 0.130. The fourth-order valence-corrected chi connectivity index (χ4v) is 2.24. The number of aliphatic hydroxyl groups excluding tert-OH is 3. The van der Waals surface area contributed by atoms with E-state index in [0.29, 0.717) is 11.0 Å².